The lowest BCUT2D eigenvalue weighted by atomic mass is 10.1. The first kappa shape index (κ1) is 12.1. The molecule has 0 aliphatic rings. The van der Waals surface area contributed by atoms with Crippen molar-refractivity contribution in [1.29, 1.82) is 10.5 Å². The van der Waals surface area contributed by atoms with Gasteiger partial charge in [0.05, 0.1) is 23.3 Å². The van der Waals surface area contributed by atoms with Gasteiger partial charge in [-0.3, -0.25) is 0 Å². The monoisotopic (exact) mass is 252 g/mol. The van der Waals surface area contributed by atoms with Gasteiger partial charge < -0.3 is 4.57 Å². The van der Waals surface area contributed by atoms with Crippen molar-refractivity contribution in [3.8, 4) is 12.1 Å². The predicted octanol–water partition coefficient (Wildman–Crippen LogP) is 1.94. The van der Waals surface area contributed by atoms with Gasteiger partial charge in [0.15, 0.2) is 0 Å². The van der Waals surface area contributed by atoms with Crippen molar-refractivity contribution in [3.05, 3.63) is 59.7 Å². The molecule has 0 aromatic heterocycles. The van der Waals surface area contributed by atoms with Gasteiger partial charge in [0, 0.05) is 10.6 Å². The number of rotatable bonds is 2. The van der Waals surface area contributed by atoms with Gasteiger partial charge in [-0.05, 0) is 18.2 Å². The van der Waals surface area contributed by atoms with Crippen LogP contribution in [-0.4, -0.2) is 0 Å². The normalized spacial score (nSPS) is 11.2. The molecule has 0 aliphatic carbocycles. The van der Waals surface area contributed by atoms with Crippen LogP contribution in [-0.2, 0) is 4.57 Å². The van der Waals surface area contributed by atoms with E-state index in [4.69, 9.17) is 10.5 Å². The molecule has 0 amide bonds. The van der Waals surface area contributed by atoms with E-state index in [1.165, 1.54) is 6.07 Å². The van der Waals surface area contributed by atoms with Crippen LogP contribution in [0.4, 0.5) is 0 Å². The van der Waals surface area contributed by atoms with E-state index in [-0.39, 0.29) is 0 Å². The first-order chi connectivity index (χ1) is 8.74. The fourth-order valence-electron chi connectivity index (χ4n) is 1.64. The van der Waals surface area contributed by atoms with E-state index < -0.39 is 7.80 Å². The summed E-state index contributed by atoms with van der Waals surface area (Å²) in [5.41, 5.74) is 0.719. The molecule has 3 nitrogen and oxygen atoms in total. The number of nitrogens with zero attached hydrogens (tertiary/aromatic N) is 2. The van der Waals surface area contributed by atoms with Crippen LogP contribution in [0.25, 0.3) is 0 Å². The van der Waals surface area contributed by atoms with Gasteiger partial charge in [0.25, 0.3) is 0 Å². The van der Waals surface area contributed by atoms with Crippen LogP contribution in [0, 0.1) is 22.7 Å². The van der Waals surface area contributed by atoms with Gasteiger partial charge >= 0.3 is 0 Å². The highest BCUT2D eigenvalue weighted by atomic mass is 31.1. The Labute approximate surface area is 106 Å². The Hall–Kier alpha value is -2.35. The zero-order valence-corrected chi connectivity index (χ0v) is 10.4. The third-order valence-electron chi connectivity index (χ3n) is 2.49. The maximum absolute atomic E-state index is 12.3. The fraction of sp³-hybridized carbons (Fsp3) is 0. The zero-order chi connectivity index (χ0) is 13.0. The molecule has 0 bridgehead atoms. The van der Waals surface area contributed by atoms with Crippen molar-refractivity contribution in [3.63, 3.8) is 0 Å². The van der Waals surface area contributed by atoms with E-state index in [1.807, 2.05) is 30.3 Å². The van der Waals surface area contributed by atoms with Crippen LogP contribution < -0.4 is 10.6 Å². The number of hydrogen-bond acceptors (Lipinski definition) is 3. The average Bonchev–Trinajstić information content (AvgIpc) is 2.46. The largest absolute Gasteiger partial charge is 0.317 e. The summed E-state index contributed by atoms with van der Waals surface area (Å²) >= 11 is 0. The topological polar surface area (TPSA) is 64.7 Å². The third-order valence-corrected chi connectivity index (χ3v) is 4.16. The Morgan fingerprint density at radius 1 is 0.833 bits per heavy atom. The highest BCUT2D eigenvalue weighted by Crippen LogP contribution is 2.20. The van der Waals surface area contributed by atoms with Crippen LogP contribution in [0.3, 0.4) is 0 Å². The highest BCUT2D eigenvalue weighted by Gasteiger charge is 2.09. The molecule has 86 valence electrons. The summed E-state index contributed by atoms with van der Waals surface area (Å²) in [4.78, 5) is 0. The molecule has 1 unspecified atom stereocenters. The molecule has 0 saturated heterocycles. The summed E-state index contributed by atoms with van der Waals surface area (Å²) in [6.45, 7) is 0. The van der Waals surface area contributed by atoms with E-state index >= 15 is 0 Å². The lowest BCUT2D eigenvalue weighted by molar-refractivity contribution is 0.598. The van der Waals surface area contributed by atoms with Crippen molar-refractivity contribution in [1.82, 2.24) is 0 Å². The molecular weight excluding hydrogens is 243 g/mol. The summed E-state index contributed by atoms with van der Waals surface area (Å²) in [5, 5.41) is 19.0. The van der Waals surface area contributed by atoms with E-state index in [0.717, 1.165) is 5.30 Å². The lowest BCUT2D eigenvalue weighted by Gasteiger charge is -2.03. The molecule has 18 heavy (non-hydrogen) atoms. The molecular formula is C14H9N2OP. The minimum Gasteiger partial charge on any atom is -0.317 e. The number of hydrogen-bond donors (Lipinski definition) is 0. The summed E-state index contributed by atoms with van der Waals surface area (Å²) in [7, 11) is -2.16. The molecule has 0 N–H and O–H groups in total. The summed E-state index contributed by atoms with van der Waals surface area (Å²) in [6.07, 6.45) is 0. The van der Waals surface area contributed by atoms with Crippen LogP contribution in [0.5, 0.6) is 0 Å². The highest BCUT2D eigenvalue weighted by molar-refractivity contribution is 7.61. The minimum absolute atomic E-state index is 0.360. The molecule has 4 heteroatoms. The van der Waals surface area contributed by atoms with Gasteiger partial charge in [-0.1, -0.05) is 30.3 Å². The Morgan fingerprint density at radius 2 is 1.39 bits per heavy atom. The minimum atomic E-state index is -2.16. The molecule has 1 atom stereocenters. The van der Waals surface area contributed by atoms with Crippen LogP contribution in [0.1, 0.15) is 11.1 Å². The molecule has 0 radical (unpaired) electrons. The molecule has 2 aromatic rings. The average molecular weight is 252 g/mol. The van der Waals surface area contributed by atoms with Crippen molar-refractivity contribution in [2.24, 2.45) is 0 Å². The van der Waals surface area contributed by atoms with Crippen LogP contribution in [0.2, 0.25) is 0 Å². The molecule has 0 saturated carbocycles. The molecule has 0 aliphatic heterocycles. The van der Waals surface area contributed by atoms with E-state index in [0.29, 0.717) is 16.4 Å². The van der Waals surface area contributed by atoms with E-state index in [1.54, 1.807) is 24.3 Å². The first-order valence-corrected chi connectivity index (χ1v) is 6.70. The second-order valence-corrected chi connectivity index (χ2v) is 5.53. The lowest BCUT2D eigenvalue weighted by Crippen LogP contribution is -2.07. The number of nitriles is 2. The van der Waals surface area contributed by atoms with Gasteiger partial charge in [-0.2, -0.15) is 10.5 Å². The van der Waals surface area contributed by atoms with Gasteiger partial charge in [0.2, 0.25) is 0 Å². The summed E-state index contributed by atoms with van der Waals surface area (Å²) in [5.74, 6) is 0. The zero-order valence-electron chi connectivity index (χ0n) is 9.42. The van der Waals surface area contributed by atoms with Gasteiger partial charge in [-0.25, -0.2) is 0 Å². The van der Waals surface area contributed by atoms with Crippen molar-refractivity contribution in [2.75, 3.05) is 0 Å². The fourth-order valence-corrected chi connectivity index (χ4v) is 3.05. The molecule has 0 spiro atoms. The Balaban J connectivity index is 2.50. The summed E-state index contributed by atoms with van der Waals surface area (Å²) < 4.78 is 12.3. The second kappa shape index (κ2) is 5.32. The van der Waals surface area contributed by atoms with E-state index in [2.05, 4.69) is 0 Å². The van der Waals surface area contributed by atoms with Crippen LogP contribution in [0.15, 0.2) is 48.5 Å². The van der Waals surface area contributed by atoms with Gasteiger partial charge in [-0.15, -0.1) is 0 Å². The maximum atomic E-state index is 12.3. The Morgan fingerprint density at radius 3 is 1.89 bits per heavy atom. The standard InChI is InChI=1S/C14H9N2OP/c15-9-11-6-12(10-16)8-14(7-11)18(17)13-4-2-1-3-5-13/h1-8,18H. The first-order valence-electron chi connectivity index (χ1n) is 5.29. The quantitative estimate of drug-likeness (QED) is 0.767. The summed E-state index contributed by atoms with van der Waals surface area (Å²) in [6, 6.07) is 17.7. The molecule has 0 fully saturated rings. The smallest absolute Gasteiger partial charge is 0.131 e. The van der Waals surface area contributed by atoms with Crippen molar-refractivity contribution >= 4 is 18.4 Å². The second-order valence-electron chi connectivity index (χ2n) is 3.72. The predicted molar refractivity (Wildman–Crippen MR) is 70.6 cm³/mol. The molecule has 2 aromatic carbocycles. The van der Waals surface area contributed by atoms with Crippen molar-refractivity contribution < 1.29 is 4.57 Å². The molecule has 2 rings (SSSR count). The van der Waals surface area contributed by atoms with Gasteiger partial charge in [0.1, 0.15) is 7.80 Å². The molecule has 0 heterocycles. The third kappa shape index (κ3) is 2.48. The number of benzene rings is 2. The van der Waals surface area contributed by atoms with Crippen molar-refractivity contribution in [2.45, 2.75) is 0 Å². The Bertz CT molecular complexity index is 649. The maximum Gasteiger partial charge on any atom is 0.131 e. The SMILES string of the molecule is N#Cc1cc(C#N)cc([PH](=O)c2ccccc2)c1. The van der Waals surface area contributed by atoms with Crippen LogP contribution >= 0.6 is 7.80 Å². The van der Waals surface area contributed by atoms with E-state index in [9.17, 15) is 4.57 Å². The Kier molecular flexibility index (Phi) is 3.58.